The summed E-state index contributed by atoms with van der Waals surface area (Å²) in [6, 6.07) is 0. The molecule has 1 saturated heterocycles. The first-order chi connectivity index (χ1) is 9.76. The van der Waals surface area contributed by atoms with Gasteiger partial charge in [-0.1, -0.05) is 19.3 Å². The van der Waals surface area contributed by atoms with Gasteiger partial charge in [-0.15, -0.1) is 0 Å². The minimum atomic E-state index is 0.258. The van der Waals surface area contributed by atoms with E-state index in [2.05, 4.69) is 16.6 Å². The number of nitrogens with zero attached hydrogens (tertiary/aromatic N) is 2. The smallest absolute Gasteiger partial charge is 0.0708 e. The van der Waals surface area contributed by atoms with Crippen molar-refractivity contribution in [2.24, 2.45) is 7.05 Å². The van der Waals surface area contributed by atoms with Crippen molar-refractivity contribution < 1.29 is 4.74 Å². The highest BCUT2D eigenvalue weighted by molar-refractivity contribution is 5.03. The van der Waals surface area contributed by atoms with E-state index in [4.69, 9.17) is 4.74 Å². The van der Waals surface area contributed by atoms with E-state index < -0.39 is 0 Å². The molecule has 1 aliphatic carbocycles. The van der Waals surface area contributed by atoms with Gasteiger partial charge in [0.2, 0.25) is 0 Å². The molecule has 2 fully saturated rings. The van der Waals surface area contributed by atoms with Crippen molar-refractivity contribution in [3.63, 3.8) is 0 Å². The molecule has 1 aromatic rings. The van der Waals surface area contributed by atoms with Gasteiger partial charge in [-0.3, -0.25) is 4.68 Å². The second-order valence-corrected chi connectivity index (χ2v) is 6.50. The lowest BCUT2D eigenvalue weighted by Crippen LogP contribution is -2.35. The zero-order valence-electron chi connectivity index (χ0n) is 12.6. The van der Waals surface area contributed by atoms with Crippen molar-refractivity contribution >= 4 is 0 Å². The molecule has 2 aliphatic rings. The van der Waals surface area contributed by atoms with E-state index in [1.807, 2.05) is 17.9 Å². The van der Waals surface area contributed by atoms with Crippen LogP contribution in [0.25, 0.3) is 0 Å². The summed E-state index contributed by atoms with van der Waals surface area (Å²) in [5.41, 5.74) is 1.56. The van der Waals surface area contributed by atoms with Crippen molar-refractivity contribution in [2.45, 2.75) is 63.1 Å². The predicted octanol–water partition coefficient (Wildman–Crippen LogP) is 2.43. The highest BCUT2D eigenvalue weighted by Gasteiger charge is 2.40. The Morgan fingerprint density at radius 3 is 2.95 bits per heavy atom. The largest absolute Gasteiger partial charge is 0.370 e. The van der Waals surface area contributed by atoms with Crippen LogP contribution in [-0.4, -0.2) is 34.6 Å². The maximum absolute atomic E-state index is 6.37. The van der Waals surface area contributed by atoms with Gasteiger partial charge in [-0.05, 0) is 44.2 Å². The normalized spacial score (nSPS) is 25.4. The summed E-state index contributed by atoms with van der Waals surface area (Å²) in [6.45, 7) is 2.01. The Labute approximate surface area is 121 Å². The van der Waals surface area contributed by atoms with Crippen LogP contribution in [0.2, 0.25) is 0 Å². The third-order valence-electron chi connectivity index (χ3n) is 4.82. The van der Waals surface area contributed by atoms with Crippen LogP contribution in [0.15, 0.2) is 12.4 Å². The predicted molar refractivity (Wildman–Crippen MR) is 79.7 cm³/mol. The first-order valence-electron chi connectivity index (χ1n) is 8.12. The number of hydrogen-bond donors (Lipinski definition) is 1. The molecule has 0 radical (unpaired) electrons. The van der Waals surface area contributed by atoms with Gasteiger partial charge in [0.1, 0.15) is 0 Å². The zero-order chi connectivity index (χ0) is 13.8. The van der Waals surface area contributed by atoms with Crippen LogP contribution in [0.4, 0.5) is 0 Å². The number of rotatable bonds is 5. The van der Waals surface area contributed by atoms with Crippen molar-refractivity contribution in [1.29, 1.82) is 0 Å². The minimum absolute atomic E-state index is 0.258. The van der Waals surface area contributed by atoms with Gasteiger partial charge in [0.25, 0.3) is 0 Å². The summed E-state index contributed by atoms with van der Waals surface area (Å²) < 4.78 is 8.23. The van der Waals surface area contributed by atoms with Gasteiger partial charge in [0, 0.05) is 19.8 Å². The fraction of sp³-hybridized carbons (Fsp3) is 0.812. The Morgan fingerprint density at radius 2 is 2.20 bits per heavy atom. The van der Waals surface area contributed by atoms with Crippen LogP contribution in [0.3, 0.4) is 0 Å². The summed E-state index contributed by atoms with van der Waals surface area (Å²) in [7, 11) is 1.97. The molecular formula is C16H27N3O. The molecular weight excluding hydrogens is 250 g/mol. The van der Waals surface area contributed by atoms with E-state index >= 15 is 0 Å². The van der Waals surface area contributed by atoms with Crippen molar-refractivity contribution in [2.75, 3.05) is 13.1 Å². The zero-order valence-corrected chi connectivity index (χ0v) is 12.6. The van der Waals surface area contributed by atoms with E-state index in [-0.39, 0.29) is 5.60 Å². The van der Waals surface area contributed by atoms with Gasteiger partial charge in [-0.2, -0.15) is 5.10 Å². The van der Waals surface area contributed by atoms with Gasteiger partial charge < -0.3 is 10.1 Å². The first kappa shape index (κ1) is 14.1. The SMILES string of the molecule is Cn1cc(CCNCC2CCC3(CCCCC3)O2)cn1. The molecule has 1 spiro atoms. The Morgan fingerprint density at radius 1 is 1.35 bits per heavy atom. The highest BCUT2D eigenvalue weighted by Crippen LogP contribution is 2.41. The van der Waals surface area contributed by atoms with E-state index in [1.165, 1.54) is 50.5 Å². The number of ether oxygens (including phenoxy) is 1. The molecule has 4 nitrogen and oxygen atoms in total. The lowest BCUT2D eigenvalue weighted by molar-refractivity contribution is -0.0622. The molecule has 0 amide bonds. The Balaban J connectivity index is 1.35. The van der Waals surface area contributed by atoms with E-state index in [9.17, 15) is 0 Å². The third-order valence-corrected chi connectivity index (χ3v) is 4.82. The van der Waals surface area contributed by atoms with Crippen LogP contribution >= 0.6 is 0 Å². The van der Waals surface area contributed by atoms with Crippen LogP contribution < -0.4 is 5.32 Å². The maximum Gasteiger partial charge on any atom is 0.0708 e. The molecule has 0 bridgehead atoms. The first-order valence-corrected chi connectivity index (χ1v) is 8.12. The topological polar surface area (TPSA) is 39.1 Å². The van der Waals surface area contributed by atoms with Crippen molar-refractivity contribution in [3.05, 3.63) is 18.0 Å². The fourth-order valence-electron chi connectivity index (χ4n) is 3.70. The monoisotopic (exact) mass is 277 g/mol. The molecule has 1 aliphatic heterocycles. The summed E-state index contributed by atoms with van der Waals surface area (Å²) >= 11 is 0. The molecule has 2 heterocycles. The van der Waals surface area contributed by atoms with E-state index in [0.717, 1.165) is 19.5 Å². The maximum atomic E-state index is 6.37. The van der Waals surface area contributed by atoms with E-state index in [0.29, 0.717) is 6.10 Å². The molecule has 20 heavy (non-hydrogen) atoms. The quantitative estimate of drug-likeness (QED) is 0.840. The second-order valence-electron chi connectivity index (χ2n) is 6.50. The summed E-state index contributed by atoms with van der Waals surface area (Å²) in [4.78, 5) is 0. The molecule has 112 valence electrons. The standard InChI is InChI=1S/C16H27N3O/c1-19-13-14(11-18-19)6-10-17-12-15-5-9-16(20-15)7-3-2-4-8-16/h11,13,15,17H,2-10,12H2,1H3. The number of aromatic nitrogens is 2. The summed E-state index contributed by atoms with van der Waals surface area (Å²) in [5.74, 6) is 0. The van der Waals surface area contributed by atoms with Crippen molar-refractivity contribution in [3.8, 4) is 0 Å². The average molecular weight is 277 g/mol. The summed E-state index contributed by atoms with van der Waals surface area (Å²) in [6.07, 6.45) is 14.7. The fourth-order valence-corrected chi connectivity index (χ4v) is 3.70. The Bertz CT molecular complexity index is 423. The molecule has 1 aromatic heterocycles. The Hall–Kier alpha value is -0.870. The van der Waals surface area contributed by atoms with Gasteiger partial charge in [-0.25, -0.2) is 0 Å². The lowest BCUT2D eigenvalue weighted by atomic mass is 9.83. The average Bonchev–Trinajstić information content (AvgIpc) is 3.03. The van der Waals surface area contributed by atoms with Crippen LogP contribution in [0.1, 0.15) is 50.5 Å². The molecule has 3 rings (SSSR count). The lowest BCUT2D eigenvalue weighted by Gasteiger charge is -2.33. The number of nitrogens with one attached hydrogen (secondary N) is 1. The molecule has 1 atom stereocenters. The Kier molecular flexibility index (Phi) is 4.41. The summed E-state index contributed by atoms with van der Waals surface area (Å²) in [5, 5.41) is 7.74. The second kappa shape index (κ2) is 6.27. The van der Waals surface area contributed by atoms with Crippen molar-refractivity contribution in [1.82, 2.24) is 15.1 Å². The molecule has 1 N–H and O–H groups in total. The number of aryl methyl sites for hydroxylation is 1. The molecule has 4 heteroatoms. The van der Waals surface area contributed by atoms with Gasteiger partial charge >= 0.3 is 0 Å². The molecule has 1 unspecified atom stereocenters. The van der Waals surface area contributed by atoms with Crippen LogP contribution in [-0.2, 0) is 18.2 Å². The highest BCUT2D eigenvalue weighted by atomic mass is 16.5. The van der Waals surface area contributed by atoms with Crippen LogP contribution in [0, 0.1) is 0 Å². The van der Waals surface area contributed by atoms with Crippen LogP contribution in [0.5, 0.6) is 0 Å². The third kappa shape index (κ3) is 3.41. The minimum Gasteiger partial charge on any atom is -0.370 e. The van der Waals surface area contributed by atoms with E-state index in [1.54, 1.807) is 0 Å². The molecule has 1 saturated carbocycles. The van der Waals surface area contributed by atoms with Gasteiger partial charge in [0.15, 0.2) is 0 Å². The molecule has 0 aromatic carbocycles. The number of hydrogen-bond acceptors (Lipinski definition) is 3. The van der Waals surface area contributed by atoms with Gasteiger partial charge in [0.05, 0.1) is 17.9 Å².